The number of aryl methyl sites for hydroxylation is 1. The molecule has 0 bridgehead atoms. The number of urea groups is 1. The van der Waals surface area contributed by atoms with Crippen molar-refractivity contribution in [2.45, 2.75) is 58.9 Å². The Morgan fingerprint density at radius 3 is 2.73 bits per heavy atom. The van der Waals surface area contributed by atoms with E-state index in [1.165, 1.54) is 5.56 Å². The quantitative estimate of drug-likeness (QED) is 0.882. The number of amides is 2. The Bertz CT molecular complexity index is 776. The summed E-state index contributed by atoms with van der Waals surface area (Å²) >= 11 is 0. The van der Waals surface area contributed by atoms with Crippen LogP contribution in [0.4, 0.5) is 4.79 Å². The zero-order valence-corrected chi connectivity index (χ0v) is 16.0. The van der Waals surface area contributed by atoms with E-state index in [4.69, 9.17) is 0 Å². The molecule has 2 aromatic rings. The number of rotatable bonds is 4. The number of hydrogen-bond donors (Lipinski definition) is 2. The van der Waals surface area contributed by atoms with Gasteiger partial charge in [-0.05, 0) is 80.0 Å². The van der Waals surface area contributed by atoms with Gasteiger partial charge in [0.15, 0.2) is 5.82 Å². The van der Waals surface area contributed by atoms with Crippen LogP contribution in [0.1, 0.15) is 56.5 Å². The standard InChI is InChI=1S/C19H28N6O/c1-5-20-18(26)21-19(11-9-13(2)10-12-19)17-22-23-24-25(17)16-8-6-7-14(3)15(16)4/h6-8,13H,5,9-12H2,1-4H3,(H2,20,21,26). The molecule has 26 heavy (non-hydrogen) atoms. The van der Waals surface area contributed by atoms with Crippen molar-refractivity contribution in [2.24, 2.45) is 5.92 Å². The SMILES string of the molecule is CCNC(=O)NC1(c2nnnn2-c2cccc(C)c2C)CCC(C)CC1. The first-order valence-electron chi connectivity index (χ1n) is 9.38. The maximum absolute atomic E-state index is 12.4. The molecule has 1 aliphatic carbocycles. The molecule has 2 N–H and O–H groups in total. The van der Waals surface area contributed by atoms with Crippen molar-refractivity contribution in [3.8, 4) is 5.69 Å². The summed E-state index contributed by atoms with van der Waals surface area (Å²) in [5.41, 5.74) is 2.73. The molecule has 7 nitrogen and oxygen atoms in total. The minimum Gasteiger partial charge on any atom is -0.338 e. The van der Waals surface area contributed by atoms with Gasteiger partial charge < -0.3 is 10.6 Å². The summed E-state index contributed by atoms with van der Waals surface area (Å²) in [6, 6.07) is 5.94. The van der Waals surface area contributed by atoms with Crippen molar-refractivity contribution < 1.29 is 4.79 Å². The monoisotopic (exact) mass is 356 g/mol. The number of hydrogen-bond acceptors (Lipinski definition) is 4. The maximum Gasteiger partial charge on any atom is 0.315 e. The molecule has 1 fully saturated rings. The van der Waals surface area contributed by atoms with E-state index in [9.17, 15) is 4.79 Å². The molecule has 0 radical (unpaired) electrons. The fraction of sp³-hybridized carbons (Fsp3) is 0.579. The van der Waals surface area contributed by atoms with Crippen LogP contribution < -0.4 is 10.6 Å². The molecule has 0 aliphatic heterocycles. The van der Waals surface area contributed by atoms with Gasteiger partial charge in [-0.3, -0.25) is 0 Å². The van der Waals surface area contributed by atoms with Gasteiger partial charge in [-0.2, -0.15) is 4.68 Å². The van der Waals surface area contributed by atoms with E-state index < -0.39 is 5.54 Å². The molecule has 7 heteroatoms. The van der Waals surface area contributed by atoms with Crippen molar-refractivity contribution in [3.05, 3.63) is 35.2 Å². The predicted octanol–water partition coefficient (Wildman–Crippen LogP) is 3.00. The Morgan fingerprint density at radius 2 is 2.04 bits per heavy atom. The number of nitrogens with one attached hydrogen (secondary N) is 2. The largest absolute Gasteiger partial charge is 0.338 e. The molecule has 0 spiro atoms. The van der Waals surface area contributed by atoms with Gasteiger partial charge in [-0.1, -0.05) is 19.1 Å². The summed E-state index contributed by atoms with van der Waals surface area (Å²) < 4.78 is 1.80. The van der Waals surface area contributed by atoms with Crippen molar-refractivity contribution >= 4 is 6.03 Å². The van der Waals surface area contributed by atoms with Crippen LogP contribution in [0.2, 0.25) is 0 Å². The number of aromatic nitrogens is 4. The van der Waals surface area contributed by atoms with Gasteiger partial charge in [0.2, 0.25) is 0 Å². The highest BCUT2D eigenvalue weighted by Gasteiger charge is 2.42. The summed E-state index contributed by atoms with van der Waals surface area (Å²) in [4.78, 5) is 12.4. The highest BCUT2D eigenvalue weighted by molar-refractivity contribution is 5.75. The lowest BCUT2D eigenvalue weighted by Gasteiger charge is -2.38. The third kappa shape index (κ3) is 3.43. The van der Waals surface area contributed by atoms with Gasteiger partial charge in [-0.15, -0.1) is 5.10 Å². The Hall–Kier alpha value is -2.44. The molecule has 1 aromatic heterocycles. The molecule has 0 unspecified atom stereocenters. The molecule has 2 amide bonds. The number of carbonyl (C=O) groups excluding carboxylic acids is 1. The van der Waals surface area contributed by atoms with Crippen LogP contribution in [-0.4, -0.2) is 32.8 Å². The van der Waals surface area contributed by atoms with Crippen LogP contribution in [0.3, 0.4) is 0 Å². The number of nitrogens with zero attached hydrogens (tertiary/aromatic N) is 4. The molecule has 0 saturated heterocycles. The second-order valence-electron chi connectivity index (χ2n) is 7.38. The highest BCUT2D eigenvalue weighted by Crippen LogP contribution is 2.39. The predicted molar refractivity (Wildman–Crippen MR) is 100 cm³/mol. The summed E-state index contributed by atoms with van der Waals surface area (Å²) in [5.74, 6) is 1.36. The summed E-state index contributed by atoms with van der Waals surface area (Å²) in [6.45, 7) is 8.90. The summed E-state index contributed by atoms with van der Waals surface area (Å²) in [7, 11) is 0. The van der Waals surface area contributed by atoms with Gasteiger partial charge in [0.1, 0.15) is 5.54 Å². The van der Waals surface area contributed by atoms with E-state index in [-0.39, 0.29) is 6.03 Å². The Balaban J connectivity index is 2.04. The van der Waals surface area contributed by atoms with Gasteiger partial charge in [0, 0.05) is 6.54 Å². The second-order valence-corrected chi connectivity index (χ2v) is 7.38. The first-order chi connectivity index (χ1) is 12.5. The lowest BCUT2D eigenvalue weighted by Crippen LogP contribution is -2.53. The Kier molecular flexibility index (Phi) is 5.25. The van der Waals surface area contributed by atoms with Crippen molar-refractivity contribution in [1.29, 1.82) is 0 Å². The Labute approximate surface area is 154 Å². The van der Waals surface area contributed by atoms with Crippen LogP contribution in [0.5, 0.6) is 0 Å². The summed E-state index contributed by atoms with van der Waals surface area (Å²) in [6.07, 6.45) is 3.73. The van der Waals surface area contributed by atoms with Crippen molar-refractivity contribution in [3.63, 3.8) is 0 Å². The van der Waals surface area contributed by atoms with E-state index >= 15 is 0 Å². The molecule has 1 saturated carbocycles. The van der Waals surface area contributed by atoms with E-state index in [1.807, 2.05) is 19.1 Å². The Morgan fingerprint density at radius 1 is 1.31 bits per heavy atom. The molecule has 3 rings (SSSR count). The lowest BCUT2D eigenvalue weighted by molar-refractivity contribution is 0.176. The normalized spacial score (nSPS) is 22.8. The lowest BCUT2D eigenvalue weighted by atomic mass is 9.76. The maximum atomic E-state index is 12.4. The van der Waals surface area contributed by atoms with Crippen molar-refractivity contribution in [2.75, 3.05) is 6.54 Å². The van der Waals surface area contributed by atoms with Crippen LogP contribution in [0.25, 0.3) is 5.69 Å². The summed E-state index contributed by atoms with van der Waals surface area (Å²) in [5, 5.41) is 18.6. The third-order valence-corrected chi connectivity index (χ3v) is 5.52. The minimum atomic E-state index is -0.550. The second kappa shape index (κ2) is 7.43. The highest BCUT2D eigenvalue weighted by atomic mass is 16.2. The molecule has 140 valence electrons. The van der Waals surface area contributed by atoms with E-state index in [0.29, 0.717) is 18.3 Å². The van der Waals surface area contributed by atoms with Crippen LogP contribution in [0, 0.1) is 19.8 Å². The molecular formula is C19H28N6O. The van der Waals surface area contributed by atoms with E-state index in [1.54, 1.807) is 4.68 Å². The molecular weight excluding hydrogens is 328 g/mol. The van der Waals surface area contributed by atoms with Gasteiger partial charge in [-0.25, -0.2) is 4.79 Å². The van der Waals surface area contributed by atoms with Crippen molar-refractivity contribution in [1.82, 2.24) is 30.8 Å². The van der Waals surface area contributed by atoms with Crippen LogP contribution in [0.15, 0.2) is 18.2 Å². The topological polar surface area (TPSA) is 84.7 Å². The zero-order chi connectivity index (χ0) is 18.7. The number of benzene rings is 1. The number of tetrazole rings is 1. The van der Waals surface area contributed by atoms with Crippen LogP contribution in [-0.2, 0) is 5.54 Å². The van der Waals surface area contributed by atoms with E-state index in [0.717, 1.165) is 36.9 Å². The molecule has 1 aromatic carbocycles. The minimum absolute atomic E-state index is 0.169. The van der Waals surface area contributed by atoms with Crippen LogP contribution >= 0.6 is 0 Å². The molecule has 1 aliphatic rings. The fourth-order valence-corrected chi connectivity index (χ4v) is 3.69. The first-order valence-corrected chi connectivity index (χ1v) is 9.38. The zero-order valence-electron chi connectivity index (χ0n) is 16.0. The number of carbonyl (C=O) groups is 1. The van der Waals surface area contributed by atoms with Gasteiger partial charge in [0.05, 0.1) is 5.69 Å². The smallest absolute Gasteiger partial charge is 0.315 e. The molecule has 0 atom stereocenters. The fourth-order valence-electron chi connectivity index (χ4n) is 3.69. The van der Waals surface area contributed by atoms with Gasteiger partial charge >= 0.3 is 6.03 Å². The average molecular weight is 356 g/mol. The third-order valence-electron chi connectivity index (χ3n) is 5.52. The van der Waals surface area contributed by atoms with Gasteiger partial charge in [0.25, 0.3) is 0 Å². The average Bonchev–Trinajstić information content (AvgIpc) is 3.10. The molecule has 1 heterocycles. The van der Waals surface area contributed by atoms with E-state index in [2.05, 4.69) is 53.0 Å². The first kappa shape index (κ1) is 18.4.